The zero-order chi connectivity index (χ0) is 13.5. The molecule has 0 rings (SSSR count). The molecule has 0 amide bonds. The van der Waals surface area contributed by atoms with Crippen molar-refractivity contribution in [2.75, 3.05) is 0 Å². The van der Waals surface area contributed by atoms with Crippen molar-refractivity contribution >= 4 is 36.7 Å². The van der Waals surface area contributed by atoms with E-state index < -0.39 is 8.32 Å². The van der Waals surface area contributed by atoms with Crippen molar-refractivity contribution in [3.8, 4) is 0 Å². The van der Waals surface area contributed by atoms with E-state index in [1.54, 1.807) is 6.92 Å². The molecule has 0 heterocycles. The van der Waals surface area contributed by atoms with Crippen LogP contribution in [0.2, 0.25) is 18.1 Å². The molecule has 0 aromatic heterocycles. The SMILES string of the molecule is CC[Si](CC)(CC)O[C@@H](C/C=C(/C)I)C(C)=O. The zero-order valence-electron chi connectivity index (χ0n) is 11.7. The van der Waals surface area contributed by atoms with Gasteiger partial charge in [-0.25, -0.2) is 0 Å². The molecule has 4 heteroatoms. The minimum atomic E-state index is -1.67. The van der Waals surface area contributed by atoms with Crippen LogP contribution in [0, 0.1) is 0 Å². The Bertz CT molecular complexity index is 260. The number of carbonyl (C=O) groups excluding carboxylic acids is 1. The van der Waals surface area contributed by atoms with E-state index in [2.05, 4.69) is 49.4 Å². The number of hydrogen-bond acceptors (Lipinski definition) is 2. The van der Waals surface area contributed by atoms with Crippen molar-refractivity contribution in [2.45, 2.75) is 65.3 Å². The molecule has 0 N–H and O–H groups in total. The van der Waals surface area contributed by atoms with Gasteiger partial charge in [0.2, 0.25) is 0 Å². The van der Waals surface area contributed by atoms with E-state index in [9.17, 15) is 4.79 Å². The van der Waals surface area contributed by atoms with Gasteiger partial charge in [-0.1, -0.05) is 26.8 Å². The van der Waals surface area contributed by atoms with Gasteiger partial charge in [-0.2, -0.15) is 0 Å². The summed E-state index contributed by atoms with van der Waals surface area (Å²) in [6, 6.07) is 3.28. The summed E-state index contributed by atoms with van der Waals surface area (Å²) in [4.78, 5) is 11.6. The van der Waals surface area contributed by atoms with E-state index in [1.165, 1.54) is 3.58 Å². The lowest BCUT2D eigenvalue weighted by atomic mass is 10.2. The van der Waals surface area contributed by atoms with Gasteiger partial charge < -0.3 is 4.43 Å². The lowest BCUT2D eigenvalue weighted by Crippen LogP contribution is -2.42. The van der Waals surface area contributed by atoms with E-state index >= 15 is 0 Å². The van der Waals surface area contributed by atoms with Crippen LogP contribution < -0.4 is 0 Å². The second-order valence-electron chi connectivity index (χ2n) is 4.49. The monoisotopic (exact) mass is 368 g/mol. The van der Waals surface area contributed by atoms with Crippen LogP contribution in [0.4, 0.5) is 0 Å². The highest BCUT2D eigenvalue weighted by molar-refractivity contribution is 14.1. The Hall–Kier alpha value is 0.317. The van der Waals surface area contributed by atoms with E-state index in [-0.39, 0.29) is 11.9 Å². The average molecular weight is 368 g/mol. The Morgan fingerprint density at radius 2 is 1.71 bits per heavy atom. The Balaban J connectivity index is 4.73. The van der Waals surface area contributed by atoms with E-state index in [4.69, 9.17) is 4.43 Å². The molecule has 2 nitrogen and oxygen atoms in total. The van der Waals surface area contributed by atoms with Gasteiger partial charge in [-0.15, -0.1) is 0 Å². The van der Waals surface area contributed by atoms with Crippen molar-refractivity contribution in [2.24, 2.45) is 0 Å². The molecular weight excluding hydrogens is 343 g/mol. The minimum Gasteiger partial charge on any atom is -0.407 e. The summed E-state index contributed by atoms with van der Waals surface area (Å²) in [6.45, 7) is 10.3. The largest absolute Gasteiger partial charge is 0.407 e. The summed E-state index contributed by atoms with van der Waals surface area (Å²) in [7, 11) is -1.67. The van der Waals surface area contributed by atoms with Gasteiger partial charge >= 0.3 is 0 Å². The van der Waals surface area contributed by atoms with Crippen LogP contribution in [0.25, 0.3) is 0 Å². The molecule has 0 aliphatic carbocycles. The smallest absolute Gasteiger partial charge is 0.193 e. The molecule has 0 aliphatic rings. The molecule has 0 aliphatic heterocycles. The van der Waals surface area contributed by atoms with Crippen LogP contribution in [0.1, 0.15) is 41.0 Å². The predicted octanol–water partition coefficient (Wildman–Crippen LogP) is 4.69. The van der Waals surface area contributed by atoms with Gasteiger partial charge in [0.25, 0.3) is 0 Å². The number of allylic oxidation sites excluding steroid dienone is 1. The van der Waals surface area contributed by atoms with Gasteiger partial charge in [-0.05, 0) is 64.6 Å². The van der Waals surface area contributed by atoms with Crippen molar-refractivity contribution in [3.63, 3.8) is 0 Å². The molecule has 0 aromatic rings. The summed E-state index contributed by atoms with van der Waals surface area (Å²) in [5.41, 5.74) is 0. The number of halogens is 1. The molecule has 0 spiro atoms. The normalized spacial score (nSPS) is 14.8. The highest BCUT2D eigenvalue weighted by Crippen LogP contribution is 2.25. The molecule has 0 unspecified atom stereocenters. The summed E-state index contributed by atoms with van der Waals surface area (Å²) < 4.78 is 7.46. The lowest BCUT2D eigenvalue weighted by Gasteiger charge is -2.31. The molecule has 0 aromatic carbocycles. The van der Waals surface area contributed by atoms with Gasteiger partial charge in [0.15, 0.2) is 14.1 Å². The first-order valence-corrected chi connectivity index (χ1v) is 10.0. The maximum absolute atomic E-state index is 11.6. The van der Waals surface area contributed by atoms with Crippen molar-refractivity contribution in [1.29, 1.82) is 0 Å². The Kier molecular flexibility index (Phi) is 8.58. The van der Waals surface area contributed by atoms with Gasteiger partial charge in [0.05, 0.1) is 0 Å². The summed E-state index contributed by atoms with van der Waals surface area (Å²) >= 11 is 2.27. The van der Waals surface area contributed by atoms with Gasteiger partial charge in [0, 0.05) is 0 Å². The fraction of sp³-hybridized carbons (Fsp3) is 0.769. The first kappa shape index (κ1) is 17.3. The Morgan fingerprint density at radius 3 is 2.00 bits per heavy atom. The zero-order valence-corrected chi connectivity index (χ0v) is 14.8. The number of Topliss-reactive ketones (excluding diaryl/α,β-unsaturated/α-hetero) is 1. The van der Waals surface area contributed by atoms with Gasteiger partial charge in [-0.3, -0.25) is 4.79 Å². The second kappa shape index (κ2) is 8.42. The summed E-state index contributed by atoms with van der Waals surface area (Å²) in [5, 5.41) is 0. The third-order valence-corrected chi connectivity index (χ3v) is 8.48. The van der Waals surface area contributed by atoms with Crippen LogP contribution in [-0.4, -0.2) is 20.2 Å². The molecule has 0 fully saturated rings. The topological polar surface area (TPSA) is 26.3 Å². The molecule has 17 heavy (non-hydrogen) atoms. The fourth-order valence-electron chi connectivity index (χ4n) is 1.87. The lowest BCUT2D eigenvalue weighted by molar-refractivity contribution is -0.123. The standard InChI is InChI=1S/C13H25IO2Si/c1-6-17(7-2,8-3)16-13(12(5)15)10-9-11(4)14/h9,13H,6-8,10H2,1-5H3/b11-9-/t13-/m0/s1. The van der Waals surface area contributed by atoms with Crippen LogP contribution in [-0.2, 0) is 9.22 Å². The number of carbonyl (C=O) groups is 1. The molecule has 0 radical (unpaired) electrons. The minimum absolute atomic E-state index is 0.158. The fourth-order valence-corrected chi connectivity index (χ4v) is 4.99. The van der Waals surface area contributed by atoms with E-state index in [0.717, 1.165) is 24.6 Å². The highest BCUT2D eigenvalue weighted by atomic mass is 127. The van der Waals surface area contributed by atoms with Crippen molar-refractivity contribution in [3.05, 3.63) is 9.66 Å². The van der Waals surface area contributed by atoms with Crippen molar-refractivity contribution < 1.29 is 9.22 Å². The number of ketones is 1. The van der Waals surface area contributed by atoms with Crippen LogP contribution in [0.3, 0.4) is 0 Å². The quantitative estimate of drug-likeness (QED) is 0.459. The Labute approximate surface area is 120 Å². The average Bonchev–Trinajstić information content (AvgIpc) is 2.30. The first-order chi connectivity index (χ1) is 7.90. The predicted molar refractivity (Wildman–Crippen MR) is 85.1 cm³/mol. The van der Waals surface area contributed by atoms with Crippen LogP contribution in [0.15, 0.2) is 9.66 Å². The second-order valence-corrected chi connectivity index (χ2v) is 10.9. The van der Waals surface area contributed by atoms with Gasteiger partial charge in [0.1, 0.15) is 6.10 Å². The number of rotatable bonds is 8. The Morgan fingerprint density at radius 1 is 1.24 bits per heavy atom. The molecule has 0 saturated carbocycles. The molecule has 100 valence electrons. The first-order valence-electron chi connectivity index (χ1n) is 6.41. The number of hydrogen-bond donors (Lipinski definition) is 0. The van der Waals surface area contributed by atoms with Crippen molar-refractivity contribution in [1.82, 2.24) is 0 Å². The van der Waals surface area contributed by atoms with E-state index in [1.807, 2.05) is 6.92 Å². The molecule has 0 bridgehead atoms. The molecule has 1 atom stereocenters. The third kappa shape index (κ3) is 6.15. The third-order valence-electron chi connectivity index (χ3n) is 3.39. The molecule has 0 saturated heterocycles. The maximum atomic E-state index is 11.6. The maximum Gasteiger partial charge on any atom is 0.193 e. The van der Waals surface area contributed by atoms with Crippen LogP contribution >= 0.6 is 22.6 Å². The molecular formula is C13H25IO2Si. The summed E-state index contributed by atoms with van der Waals surface area (Å²) in [5.74, 6) is 0.158. The highest BCUT2D eigenvalue weighted by Gasteiger charge is 2.33. The van der Waals surface area contributed by atoms with Crippen LogP contribution in [0.5, 0.6) is 0 Å². The van der Waals surface area contributed by atoms with E-state index in [0.29, 0.717) is 0 Å². The summed E-state index contributed by atoms with van der Waals surface area (Å²) in [6.07, 6.45) is 2.58.